The molecule has 0 aliphatic heterocycles. The minimum Gasteiger partial charge on any atom is -0.490 e. The predicted octanol–water partition coefficient (Wildman–Crippen LogP) is 3.72. The first-order valence-electron chi connectivity index (χ1n) is 12.4. The van der Waals surface area contributed by atoms with E-state index in [1.54, 1.807) is 47.1 Å². The fourth-order valence-electron chi connectivity index (χ4n) is 4.38. The number of carbonyl (C=O) groups is 2. The van der Waals surface area contributed by atoms with Crippen LogP contribution >= 0.6 is 0 Å². The number of amides is 2. The molecule has 0 radical (unpaired) electrons. The third kappa shape index (κ3) is 5.81. The van der Waals surface area contributed by atoms with Crippen LogP contribution in [0.4, 0.5) is 17.3 Å². The Labute approximate surface area is 224 Å². The molecule has 2 aromatic heterocycles. The molecular weight excluding hydrogens is 504 g/mol. The summed E-state index contributed by atoms with van der Waals surface area (Å²) < 4.78 is 8.60. The van der Waals surface area contributed by atoms with E-state index in [4.69, 9.17) is 10.5 Å². The molecule has 0 aliphatic carbocycles. The first-order chi connectivity index (χ1) is 18.7. The largest absolute Gasteiger partial charge is 0.490 e. The van der Waals surface area contributed by atoms with Crippen LogP contribution in [0.25, 0.3) is 11.0 Å². The van der Waals surface area contributed by atoms with Crippen LogP contribution in [0.3, 0.4) is 0 Å². The van der Waals surface area contributed by atoms with Crippen molar-refractivity contribution in [2.24, 2.45) is 5.73 Å². The zero-order chi connectivity index (χ0) is 28.1. The molecule has 0 bridgehead atoms. The summed E-state index contributed by atoms with van der Waals surface area (Å²) in [7, 11) is 1.39. The number of imidazole rings is 1. The summed E-state index contributed by atoms with van der Waals surface area (Å²) >= 11 is 0. The highest BCUT2D eigenvalue weighted by molar-refractivity contribution is 6.03. The van der Waals surface area contributed by atoms with Crippen molar-refractivity contribution >= 4 is 40.2 Å². The van der Waals surface area contributed by atoms with Gasteiger partial charge in [0.25, 0.3) is 5.91 Å². The molecule has 13 nitrogen and oxygen atoms in total. The summed E-state index contributed by atoms with van der Waals surface area (Å²) in [4.78, 5) is 40.4. The molecule has 204 valence electrons. The number of ether oxygens (including phenoxy) is 1. The monoisotopic (exact) mass is 534 g/mol. The van der Waals surface area contributed by atoms with Gasteiger partial charge in [0.1, 0.15) is 11.4 Å². The Morgan fingerprint density at radius 2 is 1.97 bits per heavy atom. The average Bonchev–Trinajstić information content (AvgIpc) is 3.46. The number of para-hydroxylation sites is 1. The summed E-state index contributed by atoms with van der Waals surface area (Å²) in [6, 6.07) is 11.5. The average molecular weight is 535 g/mol. The van der Waals surface area contributed by atoms with E-state index in [1.165, 1.54) is 7.11 Å². The fraction of sp³-hybridized carbons (Fsp3) is 0.308. The van der Waals surface area contributed by atoms with Gasteiger partial charge in [-0.15, -0.1) is 0 Å². The molecule has 4 aromatic rings. The van der Waals surface area contributed by atoms with Crippen molar-refractivity contribution in [3.63, 3.8) is 0 Å². The smallest absolute Gasteiger partial charge is 0.333 e. The number of nitrogens with two attached hydrogens (primary N) is 1. The Morgan fingerprint density at radius 3 is 2.67 bits per heavy atom. The lowest BCUT2D eigenvalue weighted by molar-refractivity contribution is -0.384. The first kappa shape index (κ1) is 27.1. The Kier molecular flexibility index (Phi) is 8.08. The number of nitro benzene ring substituents is 1. The minimum absolute atomic E-state index is 0.114. The van der Waals surface area contributed by atoms with Gasteiger partial charge in [0, 0.05) is 25.2 Å². The fourth-order valence-corrected chi connectivity index (χ4v) is 4.38. The normalized spacial score (nSPS) is 10.9. The molecular formula is C26H30N8O5. The maximum absolute atomic E-state index is 13.1. The van der Waals surface area contributed by atoms with Crippen LogP contribution in [0.15, 0.2) is 42.5 Å². The van der Waals surface area contributed by atoms with Crippen molar-refractivity contribution in [3.05, 3.63) is 69.5 Å². The Balaban J connectivity index is 1.52. The zero-order valence-corrected chi connectivity index (χ0v) is 21.9. The molecule has 0 unspecified atom stereocenters. The molecule has 0 spiro atoms. The van der Waals surface area contributed by atoms with Gasteiger partial charge in [0.05, 0.1) is 28.8 Å². The van der Waals surface area contributed by atoms with E-state index >= 15 is 0 Å². The van der Waals surface area contributed by atoms with Crippen molar-refractivity contribution < 1.29 is 19.2 Å². The number of rotatable bonds is 12. The molecule has 39 heavy (non-hydrogen) atoms. The Morgan fingerprint density at radius 1 is 1.18 bits per heavy atom. The van der Waals surface area contributed by atoms with E-state index in [-0.39, 0.29) is 17.3 Å². The van der Waals surface area contributed by atoms with E-state index < -0.39 is 10.8 Å². The van der Waals surface area contributed by atoms with Crippen LogP contribution in [-0.2, 0) is 13.1 Å². The van der Waals surface area contributed by atoms with Crippen molar-refractivity contribution in [2.45, 2.75) is 39.8 Å². The number of carbonyl (C=O) groups excluding carboxylic acids is 2. The molecule has 4 N–H and O–H groups in total. The molecule has 2 amide bonds. The summed E-state index contributed by atoms with van der Waals surface area (Å²) in [5.41, 5.74) is 8.41. The zero-order valence-electron chi connectivity index (χ0n) is 21.9. The van der Waals surface area contributed by atoms with Gasteiger partial charge < -0.3 is 20.4 Å². The van der Waals surface area contributed by atoms with Gasteiger partial charge in [-0.05, 0) is 63.1 Å². The van der Waals surface area contributed by atoms with Crippen LogP contribution < -0.4 is 21.1 Å². The lowest BCUT2D eigenvalue weighted by atomic mass is 10.2. The van der Waals surface area contributed by atoms with Crippen molar-refractivity contribution in [1.82, 2.24) is 19.3 Å². The van der Waals surface area contributed by atoms with Gasteiger partial charge >= 0.3 is 5.69 Å². The number of nitrogens with zero attached hydrogens (tertiary/aromatic N) is 5. The van der Waals surface area contributed by atoms with E-state index in [2.05, 4.69) is 20.7 Å². The number of aromatic nitrogens is 4. The molecule has 13 heteroatoms. The number of benzene rings is 2. The van der Waals surface area contributed by atoms with Crippen molar-refractivity contribution in [1.29, 1.82) is 0 Å². The number of methoxy groups -OCH3 is 1. The number of unbranched alkanes of at least 4 members (excludes halogenated alkanes) is 1. The van der Waals surface area contributed by atoms with Gasteiger partial charge in [0.15, 0.2) is 5.75 Å². The van der Waals surface area contributed by atoms with Crippen molar-refractivity contribution in [3.8, 4) is 5.75 Å². The highest BCUT2D eigenvalue weighted by atomic mass is 16.6. The van der Waals surface area contributed by atoms with Gasteiger partial charge in [-0.3, -0.25) is 29.7 Å². The molecule has 0 aliphatic rings. The number of primary amides is 1. The minimum atomic E-state index is -0.572. The van der Waals surface area contributed by atoms with E-state index in [1.807, 2.05) is 18.4 Å². The lowest BCUT2D eigenvalue weighted by Gasteiger charge is -2.12. The second-order valence-corrected chi connectivity index (χ2v) is 8.84. The third-order valence-electron chi connectivity index (χ3n) is 6.22. The van der Waals surface area contributed by atoms with E-state index in [9.17, 15) is 19.7 Å². The highest BCUT2D eigenvalue weighted by Crippen LogP contribution is 2.34. The summed E-state index contributed by atoms with van der Waals surface area (Å²) in [5, 5.41) is 21.8. The number of hydrogen-bond acceptors (Lipinski definition) is 8. The molecule has 4 rings (SSSR count). The molecule has 2 aromatic carbocycles. The standard InChI is InChI=1S/C26H30N8O5/c1-4-33-21(14-16(2)31-33)25(36)30-26-29-19-15-17(24(27)35)10-11-20(19)32(26)13-6-5-12-28-18-8-7-9-22(39-3)23(18)34(37)38/h7-11,14-15,28H,4-6,12-13H2,1-3H3,(H2,27,35)(H,29,30,36). The van der Waals surface area contributed by atoms with Gasteiger partial charge in [0.2, 0.25) is 11.9 Å². The molecule has 0 atom stereocenters. The van der Waals surface area contributed by atoms with E-state index in [0.717, 1.165) is 11.2 Å². The maximum Gasteiger partial charge on any atom is 0.333 e. The van der Waals surface area contributed by atoms with Crippen LogP contribution in [0.1, 0.15) is 46.3 Å². The maximum atomic E-state index is 13.1. The Hall–Kier alpha value is -4.94. The van der Waals surface area contributed by atoms with Crippen LogP contribution in [0, 0.1) is 17.0 Å². The second-order valence-electron chi connectivity index (χ2n) is 8.84. The number of nitrogens with one attached hydrogen (secondary N) is 2. The number of nitro groups is 1. The summed E-state index contributed by atoms with van der Waals surface area (Å²) in [6.07, 6.45) is 1.34. The van der Waals surface area contributed by atoms with Gasteiger partial charge in [-0.25, -0.2) is 4.98 Å². The quantitative estimate of drug-likeness (QED) is 0.140. The van der Waals surface area contributed by atoms with E-state index in [0.29, 0.717) is 60.9 Å². The van der Waals surface area contributed by atoms with Gasteiger partial charge in [-0.2, -0.15) is 5.10 Å². The molecule has 2 heterocycles. The van der Waals surface area contributed by atoms with Crippen molar-refractivity contribution in [2.75, 3.05) is 24.3 Å². The highest BCUT2D eigenvalue weighted by Gasteiger charge is 2.21. The number of aryl methyl sites for hydroxylation is 3. The van der Waals surface area contributed by atoms with Crippen LogP contribution in [0.5, 0.6) is 5.75 Å². The first-order valence-corrected chi connectivity index (χ1v) is 12.4. The van der Waals surface area contributed by atoms with Crippen LogP contribution in [-0.4, -0.2) is 49.7 Å². The SMILES string of the molecule is CCn1nc(C)cc1C(=O)Nc1nc2cc(C(N)=O)ccc2n1CCCCNc1cccc(OC)c1[N+](=O)[O-]. The molecule has 0 saturated heterocycles. The molecule has 0 saturated carbocycles. The Bertz CT molecular complexity index is 1540. The topological polar surface area (TPSA) is 172 Å². The second kappa shape index (κ2) is 11.6. The molecule has 0 fully saturated rings. The summed E-state index contributed by atoms with van der Waals surface area (Å²) in [5.74, 6) is -0.409. The predicted molar refractivity (Wildman–Crippen MR) is 146 cm³/mol. The summed E-state index contributed by atoms with van der Waals surface area (Å²) in [6.45, 7) is 5.22. The number of anilines is 2. The number of fused-ring (bicyclic) bond motifs is 1. The van der Waals surface area contributed by atoms with Crippen LogP contribution in [0.2, 0.25) is 0 Å². The van der Waals surface area contributed by atoms with Gasteiger partial charge in [-0.1, -0.05) is 6.07 Å². The lowest BCUT2D eigenvalue weighted by Crippen LogP contribution is -2.20. The third-order valence-corrected chi connectivity index (χ3v) is 6.22. The number of hydrogen-bond donors (Lipinski definition) is 3.